The summed E-state index contributed by atoms with van der Waals surface area (Å²) in [5.74, 6) is -0.953. The standard InChI is InChI=1S/C21H21N3O5/c1-14(29-18-10-4-15(12-22)5-11-18)21(27)28-13-19(25)23-17-8-6-16(7-9-17)20(26)24(2)3/h4-11,14H,13H2,1-3H3,(H,23,25)/t14-/m0/s1. The van der Waals surface area contributed by atoms with Gasteiger partial charge in [0.1, 0.15) is 5.75 Å². The Labute approximate surface area is 168 Å². The molecule has 2 amide bonds. The van der Waals surface area contributed by atoms with E-state index in [0.717, 1.165) is 0 Å². The zero-order valence-electron chi connectivity index (χ0n) is 16.3. The molecule has 0 saturated heterocycles. The first-order chi connectivity index (χ1) is 13.8. The number of nitrogens with one attached hydrogen (secondary N) is 1. The summed E-state index contributed by atoms with van der Waals surface area (Å²) >= 11 is 0. The second-order valence-electron chi connectivity index (χ2n) is 6.33. The predicted octanol–water partition coefficient (Wildman–Crippen LogP) is 2.21. The molecule has 2 rings (SSSR count). The molecule has 0 saturated carbocycles. The number of nitrogens with zero attached hydrogens (tertiary/aromatic N) is 2. The van der Waals surface area contributed by atoms with Crippen LogP contribution in [0.2, 0.25) is 0 Å². The topological polar surface area (TPSA) is 109 Å². The fraction of sp³-hybridized carbons (Fsp3) is 0.238. The Hall–Kier alpha value is -3.86. The van der Waals surface area contributed by atoms with Crippen LogP contribution in [0, 0.1) is 11.3 Å². The number of hydrogen-bond acceptors (Lipinski definition) is 6. The number of amides is 2. The first-order valence-electron chi connectivity index (χ1n) is 8.75. The molecule has 1 N–H and O–H groups in total. The molecule has 8 nitrogen and oxygen atoms in total. The number of esters is 1. The van der Waals surface area contributed by atoms with E-state index in [9.17, 15) is 14.4 Å². The van der Waals surface area contributed by atoms with Gasteiger partial charge in [0.05, 0.1) is 11.6 Å². The molecule has 2 aromatic rings. The van der Waals surface area contributed by atoms with Crippen molar-refractivity contribution in [3.8, 4) is 11.8 Å². The molecule has 29 heavy (non-hydrogen) atoms. The molecule has 0 unspecified atom stereocenters. The Morgan fingerprint density at radius 1 is 1.07 bits per heavy atom. The molecule has 0 heterocycles. The average molecular weight is 395 g/mol. The van der Waals surface area contributed by atoms with Crippen molar-refractivity contribution in [3.63, 3.8) is 0 Å². The van der Waals surface area contributed by atoms with Crippen molar-refractivity contribution in [1.82, 2.24) is 4.90 Å². The molecular formula is C21H21N3O5. The number of nitriles is 1. The number of benzene rings is 2. The number of ether oxygens (including phenoxy) is 2. The summed E-state index contributed by atoms with van der Waals surface area (Å²) in [6.45, 7) is 1.03. The Morgan fingerprint density at radius 2 is 1.69 bits per heavy atom. The summed E-state index contributed by atoms with van der Waals surface area (Å²) in [7, 11) is 3.30. The maximum atomic E-state index is 12.0. The molecule has 0 aliphatic heterocycles. The van der Waals surface area contributed by atoms with E-state index in [4.69, 9.17) is 14.7 Å². The van der Waals surface area contributed by atoms with Crippen LogP contribution >= 0.6 is 0 Å². The van der Waals surface area contributed by atoms with Crippen molar-refractivity contribution in [3.05, 3.63) is 59.7 Å². The summed E-state index contributed by atoms with van der Waals surface area (Å²) in [5.41, 5.74) is 1.44. The van der Waals surface area contributed by atoms with Crippen molar-refractivity contribution in [1.29, 1.82) is 5.26 Å². The average Bonchev–Trinajstić information content (AvgIpc) is 2.72. The SMILES string of the molecule is C[C@H](Oc1ccc(C#N)cc1)C(=O)OCC(=O)Nc1ccc(C(=O)N(C)C)cc1. The molecule has 0 bridgehead atoms. The third-order valence-electron chi connectivity index (χ3n) is 3.80. The molecule has 0 aromatic heterocycles. The van der Waals surface area contributed by atoms with Gasteiger partial charge in [0.15, 0.2) is 12.7 Å². The highest BCUT2D eigenvalue weighted by molar-refractivity contribution is 5.96. The van der Waals surface area contributed by atoms with Crippen molar-refractivity contribution in [2.75, 3.05) is 26.0 Å². The fourth-order valence-electron chi connectivity index (χ4n) is 2.27. The number of carbonyl (C=O) groups excluding carboxylic acids is 3. The maximum absolute atomic E-state index is 12.0. The van der Waals surface area contributed by atoms with Gasteiger partial charge in [-0.25, -0.2) is 4.79 Å². The minimum atomic E-state index is -0.924. The highest BCUT2D eigenvalue weighted by Gasteiger charge is 2.18. The molecule has 0 aliphatic rings. The monoisotopic (exact) mass is 395 g/mol. The van der Waals surface area contributed by atoms with E-state index in [0.29, 0.717) is 22.6 Å². The number of rotatable bonds is 7. The minimum Gasteiger partial charge on any atom is -0.479 e. The maximum Gasteiger partial charge on any atom is 0.347 e. The summed E-state index contributed by atoms with van der Waals surface area (Å²) in [6.07, 6.45) is -0.924. The van der Waals surface area contributed by atoms with Crippen LogP contribution in [-0.4, -0.2) is 49.5 Å². The van der Waals surface area contributed by atoms with Gasteiger partial charge in [0.25, 0.3) is 11.8 Å². The van der Waals surface area contributed by atoms with Crippen LogP contribution in [0.1, 0.15) is 22.8 Å². The highest BCUT2D eigenvalue weighted by atomic mass is 16.6. The molecular weight excluding hydrogens is 374 g/mol. The van der Waals surface area contributed by atoms with Crippen LogP contribution < -0.4 is 10.1 Å². The van der Waals surface area contributed by atoms with Gasteiger partial charge in [-0.3, -0.25) is 9.59 Å². The van der Waals surface area contributed by atoms with Gasteiger partial charge in [0.2, 0.25) is 0 Å². The van der Waals surface area contributed by atoms with Crippen molar-refractivity contribution >= 4 is 23.5 Å². The van der Waals surface area contributed by atoms with Crippen molar-refractivity contribution in [2.24, 2.45) is 0 Å². The second kappa shape index (κ2) is 9.90. The van der Waals surface area contributed by atoms with Crippen LogP contribution in [-0.2, 0) is 14.3 Å². The Bertz CT molecular complexity index is 915. The number of anilines is 1. The van der Waals surface area contributed by atoms with Gasteiger partial charge in [-0.05, 0) is 55.5 Å². The lowest BCUT2D eigenvalue weighted by Gasteiger charge is -2.14. The van der Waals surface area contributed by atoms with Crippen LogP contribution in [0.4, 0.5) is 5.69 Å². The number of hydrogen-bond donors (Lipinski definition) is 1. The smallest absolute Gasteiger partial charge is 0.347 e. The van der Waals surface area contributed by atoms with Crippen LogP contribution in [0.5, 0.6) is 5.75 Å². The van der Waals surface area contributed by atoms with Crippen molar-refractivity contribution in [2.45, 2.75) is 13.0 Å². The highest BCUT2D eigenvalue weighted by Crippen LogP contribution is 2.14. The Kier molecular flexibility index (Phi) is 7.32. The summed E-state index contributed by atoms with van der Waals surface area (Å²) in [5, 5.41) is 11.3. The van der Waals surface area contributed by atoms with Crippen LogP contribution in [0.3, 0.4) is 0 Å². The summed E-state index contributed by atoms with van der Waals surface area (Å²) in [6, 6.07) is 14.6. The van der Waals surface area contributed by atoms with Gasteiger partial charge in [0, 0.05) is 25.3 Å². The van der Waals surface area contributed by atoms with Gasteiger partial charge in [-0.15, -0.1) is 0 Å². The van der Waals surface area contributed by atoms with E-state index in [-0.39, 0.29) is 5.91 Å². The van der Waals surface area contributed by atoms with E-state index < -0.39 is 24.6 Å². The second-order valence-corrected chi connectivity index (χ2v) is 6.33. The third-order valence-corrected chi connectivity index (χ3v) is 3.80. The van der Waals surface area contributed by atoms with Gasteiger partial charge in [-0.1, -0.05) is 0 Å². The first-order valence-corrected chi connectivity index (χ1v) is 8.75. The molecule has 0 spiro atoms. The predicted molar refractivity (Wildman–Crippen MR) is 105 cm³/mol. The molecule has 1 atom stereocenters. The fourth-order valence-corrected chi connectivity index (χ4v) is 2.27. The first kappa shape index (κ1) is 21.4. The molecule has 0 fully saturated rings. The van der Waals surface area contributed by atoms with E-state index in [1.807, 2.05) is 6.07 Å². The summed E-state index contributed by atoms with van der Waals surface area (Å²) in [4.78, 5) is 37.2. The van der Waals surface area contributed by atoms with Crippen LogP contribution in [0.25, 0.3) is 0 Å². The van der Waals surface area contributed by atoms with Crippen molar-refractivity contribution < 1.29 is 23.9 Å². The Morgan fingerprint density at radius 3 is 2.24 bits per heavy atom. The zero-order valence-corrected chi connectivity index (χ0v) is 16.3. The van der Waals surface area contributed by atoms with E-state index >= 15 is 0 Å². The molecule has 0 aliphatic carbocycles. The molecule has 8 heteroatoms. The third kappa shape index (κ3) is 6.36. The van der Waals surface area contributed by atoms with E-state index in [2.05, 4.69) is 5.32 Å². The Balaban J connectivity index is 1.81. The normalized spacial score (nSPS) is 11.0. The lowest BCUT2D eigenvalue weighted by Crippen LogP contribution is -2.29. The molecule has 0 radical (unpaired) electrons. The largest absolute Gasteiger partial charge is 0.479 e. The molecule has 150 valence electrons. The number of carbonyl (C=O) groups is 3. The zero-order chi connectivity index (χ0) is 21.4. The van der Waals surface area contributed by atoms with E-state index in [1.165, 1.54) is 11.8 Å². The van der Waals surface area contributed by atoms with Gasteiger partial charge >= 0.3 is 5.97 Å². The van der Waals surface area contributed by atoms with Gasteiger partial charge in [-0.2, -0.15) is 5.26 Å². The summed E-state index contributed by atoms with van der Waals surface area (Å²) < 4.78 is 10.4. The minimum absolute atomic E-state index is 0.145. The van der Waals surface area contributed by atoms with Crippen LogP contribution in [0.15, 0.2) is 48.5 Å². The lowest BCUT2D eigenvalue weighted by molar-refractivity contribution is -0.153. The lowest BCUT2D eigenvalue weighted by atomic mass is 10.2. The van der Waals surface area contributed by atoms with Gasteiger partial charge < -0.3 is 19.7 Å². The molecule has 2 aromatic carbocycles. The quantitative estimate of drug-likeness (QED) is 0.720. The van der Waals surface area contributed by atoms with E-state index in [1.54, 1.807) is 62.6 Å².